The van der Waals surface area contributed by atoms with E-state index in [2.05, 4.69) is 5.32 Å². The Morgan fingerprint density at radius 1 is 1.00 bits per heavy atom. The molecule has 0 aliphatic rings. The van der Waals surface area contributed by atoms with E-state index in [1.807, 2.05) is 25.1 Å². The second-order valence-corrected chi connectivity index (χ2v) is 5.93. The average Bonchev–Trinajstić information content (AvgIpc) is 3.20. The minimum absolute atomic E-state index is 0.426. The van der Waals surface area contributed by atoms with Crippen LogP contribution in [0.4, 0.5) is 5.69 Å². The third-order valence-electron chi connectivity index (χ3n) is 3.82. The van der Waals surface area contributed by atoms with Crippen LogP contribution >= 0.6 is 0 Å². The molecule has 5 heteroatoms. The lowest BCUT2D eigenvalue weighted by atomic mass is 10.1. The molecule has 2 aromatic carbocycles. The van der Waals surface area contributed by atoms with E-state index in [1.54, 1.807) is 48.5 Å². The van der Waals surface area contributed by atoms with Gasteiger partial charge in [0.25, 0.3) is 5.91 Å². The van der Waals surface area contributed by atoms with Crippen molar-refractivity contribution in [3.63, 3.8) is 0 Å². The van der Waals surface area contributed by atoms with Gasteiger partial charge in [-0.25, -0.2) is 4.79 Å². The number of hydrogen-bond acceptors (Lipinski definition) is 4. The van der Waals surface area contributed by atoms with Gasteiger partial charge in [0.1, 0.15) is 5.76 Å². The molecule has 3 rings (SSSR count). The second-order valence-electron chi connectivity index (χ2n) is 5.93. The van der Waals surface area contributed by atoms with Crippen LogP contribution < -0.4 is 5.32 Å². The molecule has 1 aromatic heterocycles. The van der Waals surface area contributed by atoms with Gasteiger partial charge in [0.2, 0.25) is 6.10 Å². The molecule has 136 valence electrons. The highest BCUT2D eigenvalue weighted by Crippen LogP contribution is 2.21. The van der Waals surface area contributed by atoms with Crippen molar-refractivity contribution in [2.24, 2.45) is 0 Å². The van der Waals surface area contributed by atoms with Crippen molar-refractivity contribution < 1.29 is 18.7 Å². The van der Waals surface area contributed by atoms with Gasteiger partial charge in [-0.15, -0.1) is 0 Å². The number of ether oxygens (including phenoxy) is 1. The van der Waals surface area contributed by atoms with Crippen LogP contribution in [0.1, 0.15) is 23.0 Å². The van der Waals surface area contributed by atoms with Crippen LogP contribution in [0.5, 0.6) is 0 Å². The van der Waals surface area contributed by atoms with Crippen LogP contribution in [0, 0.1) is 6.92 Å². The Morgan fingerprint density at radius 3 is 2.41 bits per heavy atom. The number of carbonyl (C=O) groups is 2. The smallest absolute Gasteiger partial charge is 0.332 e. The van der Waals surface area contributed by atoms with Gasteiger partial charge >= 0.3 is 5.97 Å². The fourth-order valence-electron chi connectivity index (χ4n) is 2.44. The Bertz CT molecular complexity index is 913. The molecule has 1 N–H and O–H groups in total. The van der Waals surface area contributed by atoms with Crippen LogP contribution in [-0.4, -0.2) is 11.9 Å². The van der Waals surface area contributed by atoms with Gasteiger partial charge < -0.3 is 14.5 Å². The number of esters is 1. The number of amides is 1. The highest BCUT2D eigenvalue weighted by Gasteiger charge is 2.24. The van der Waals surface area contributed by atoms with Crippen LogP contribution in [0.15, 0.2) is 83.5 Å². The second kappa shape index (κ2) is 8.67. The molecule has 27 heavy (non-hydrogen) atoms. The predicted molar refractivity (Wildman–Crippen MR) is 103 cm³/mol. The Hall–Kier alpha value is -3.60. The third-order valence-corrected chi connectivity index (χ3v) is 3.82. The number of carbonyl (C=O) groups excluding carboxylic acids is 2. The number of nitrogens with one attached hydrogen (secondary N) is 1. The van der Waals surface area contributed by atoms with E-state index in [0.717, 1.165) is 5.56 Å². The maximum Gasteiger partial charge on any atom is 0.332 e. The monoisotopic (exact) mass is 361 g/mol. The summed E-state index contributed by atoms with van der Waals surface area (Å²) in [6, 6.07) is 19.7. The standard InChI is InChI=1S/C22H19NO4/c1-16-9-11-18(12-10-16)23-22(25)21(17-6-3-2-4-7-17)27-20(24)14-13-19-8-5-15-26-19/h2-15,21H,1H3,(H,23,25)/b14-13+/t21-/m1/s1. The highest BCUT2D eigenvalue weighted by molar-refractivity contribution is 5.97. The summed E-state index contributed by atoms with van der Waals surface area (Å²) >= 11 is 0. The molecule has 0 aliphatic heterocycles. The zero-order chi connectivity index (χ0) is 19.1. The summed E-state index contributed by atoms with van der Waals surface area (Å²) in [5, 5.41) is 2.78. The summed E-state index contributed by atoms with van der Waals surface area (Å²) in [4.78, 5) is 24.9. The molecular weight excluding hydrogens is 342 g/mol. The lowest BCUT2D eigenvalue weighted by Crippen LogP contribution is -2.25. The first-order valence-electron chi connectivity index (χ1n) is 8.46. The van der Waals surface area contributed by atoms with Crippen molar-refractivity contribution in [3.05, 3.63) is 96.0 Å². The third kappa shape index (κ3) is 5.19. The highest BCUT2D eigenvalue weighted by atomic mass is 16.5. The zero-order valence-electron chi connectivity index (χ0n) is 14.8. The Labute approximate surface area is 157 Å². The number of aryl methyl sites for hydroxylation is 1. The average molecular weight is 361 g/mol. The van der Waals surface area contributed by atoms with E-state index in [4.69, 9.17) is 9.15 Å². The van der Waals surface area contributed by atoms with Gasteiger partial charge in [-0.2, -0.15) is 0 Å². The van der Waals surface area contributed by atoms with Crippen molar-refractivity contribution in [3.8, 4) is 0 Å². The van der Waals surface area contributed by atoms with Crippen LogP contribution in [0.25, 0.3) is 6.08 Å². The Morgan fingerprint density at radius 2 is 1.74 bits per heavy atom. The van der Waals surface area contributed by atoms with Crippen molar-refractivity contribution >= 4 is 23.6 Å². The molecular formula is C22H19NO4. The normalized spacial score (nSPS) is 11.9. The van der Waals surface area contributed by atoms with Crippen LogP contribution in [-0.2, 0) is 14.3 Å². The topological polar surface area (TPSA) is 68.5 Å². The number of benzene rings is 2. The molecule has 0 fully saturated rings. The summed E-state index contributed by atoms with van der Waals surface area (Å²) in [5.41, 5.74) is 2.30. The van der Waals surface area contributed by atoms with Crippen LogP contribution in [0.3, 0.4) is 0 Å². The number of furan rings is 1. The quantitative estimate of drug-likeness (QED) is 0.517. The number of rotatable bonds is 6. The molecule has 0 spiro atoms. The zero-order valence-corrected chi connectivity index (χ0v) is 14.8. The van der Waals surface area contributed by atoms with Crippen molar-refractivity contribution in [2.75, 3.05) is 5.32 Å². The van der Waals surface area contributed by atoms with E-state index in [-0.39, 0.29) is 0 Å². The minimum atomic E-state index is -1.07. The van der Waals surface area contributed by atoms with E-state index < -0.39 is 18.0 Å². The molecule has 0 saturated carbocycles. The summed E-state index contributed by atoms with van der Waals surface area (Å²) < 4.78 is 10.5. The first kappa shape index (κ1) is 18.2. The van der Waals surface area contributed by atoms with E-state index in [0.29, 0.717) is 17.0 Å². The maximum atomic E-state index is 12.7. The lowest BCUT2D eigenvalue weighted by Gasteiger charge is -2.17. The molecule has 1 amide bonds. The first-order valence-corrected chi connectivity index (χ1v) is 8.46. The molecule has 0 aliphatic carbocycles. The molecule has 0 radical (unpaired) electrons. The Balaban J connectivity index is 1.75. The van der Waals surface area contributed by atoms with Gasteiger partial charge in [-0.05, 0) is 37.3 Å². The summed E-state index contributed by atoms with van der Waals surface area (Å²) in [6.45, 7) is 1.96. The fraction of sp³-hybridized carbons (Fsp3) is 0.0909. The molecule has 3 aromatic rings. The molecule has 1 atom stereocenters. The van der Waals surface area contributed by atoms with E-state index in [9.17, 15) is 9.59 Å². The first-order chi connectivity index (χ1) is 13.1. The van der Waals surface area contributed by atoms with Gasteiger partial charge in [-0.1, -0.05) is 48.0 Å². The number of hydrogen-bond donors (Lipinski definition) is 1. The SMILES string of the molecule is Cc1ccc(NC(=O)[C@H](OC(=O)/C=C/c2ccco2)c2ccccc2)cc1. The van der Waals surface area contributed by atoms with Gasteiger partial charge in [0.15, 0.2) is 0 Å². The molecule has 0 unspecified atom stereocenters. The van der Waals surface area contributed by atoms with Gasteiger partial charge in [0, 0.05) is 17.3 Å². The van der Waals surface area contributed by atoms with Crippen LogP contribution in [0.2, 0.25) is 0 Å². The number of anilines is 1. The molecule has 5 nitrogen and oxygen atoms in total. The van der Waals surface area contributed by atoms with Gasteiger partial charge in [-0.3, -0.25) is 4.79 Å². The fourth-order valence-corrected chi connectivity index (χ4v) is 2.44. The predicted octanol–water partition coefficient (Wildman–Crippen LogP) is 4.52. The van der Waals surface area contributed by atoms with Crippen molar-refractivity contribution in [1.82, 2.24) is 0 Å². The lowest BCUT2D eigenvalue weighted by molar-refractivity contribution is -0.149. The summed E-state index contributed by atoms with van der Waals surface area (Å²) in [7, 11) is 0. The Kier molecular flexibility index (Phi) is 5.84. The van der Waals surface area contributed by atoms with E-state index in [1.165, 1.54) is 18.4 Å². The summed E-state index contributed by atoms with van der Waals surface area (Å²) in [6.07, 6.45) is 3.16. The minimum Gasteiger partial charge on any atom is -0.465 e. The molecule has 1 heterocycles. The van der Waals surface area contributed by atoms with Gasteiger partial charge in [0.05, 0.1) is 6.26 Å². The van der Waals surface area contributed by atoms with Crippen molar-refractivity contribution in [1.29, 1.82) is 0 Å². The maximum absolute atomic E-state index is 12.7. The molecule has 0 saturated heterocycles. The summed E-state index contributed by atoms with van der Waals surface area (Å²) in [5.74, 6) is -0.545. The van der Waals surface area contributed by atoms with E-state index >= 15 is 0 Å². The largest absolute Gasteiger partial charge is 0.465 e. The molecule has 0 bridgehead atoms. The van der Waals surface area contributed by atoms with Crippen molar-refractivity contribution in [2.45, 2.75) is 13.0 Å².